The van der Waals surface area contributed by atoms with E-state index in [2.05, 4.69) is 40.3 Å². The van der Waals surface area contributed by atoms with Crippen molar-refractivity contribution < 1.29 is 5.11 Å². The number of nitrogens with zero attached hydrogens (tertiary/aromatic N) is 8. The van der Waals surface area contributed by atoms with Gasteiger partial charge in [0.05, 0.1) is 11.6 Å². The summed E-state index contributed by atoms with van der Waals surface area (Å²) in [5.74, 6) is -1.12. The number of halogens is 1. The minimum absolute atomic E-state index is 0.0348. The molecule has 0 amide bonds. The zero-order chi connectivity index (χ0) is 18.9. The Bertz CT molecular complexity index is 811. The fraction of sp³-hybridized carbons (Fsp3) is 0.667. The summed E-state index contributed by atoms with van der Waals surface area (Å²) in [7, 11) is 0. The fourth-order valence-electron chi connectivity index (χ4n) is 4.08. The molecule has 26 heavy (non-hydrogen) atoms. The van der Waals surface area contributed by atoms with E-state index in [9.17, 15) is 5.11 Å². The second-order valence-corrected chi connectivity index (χ2v) is 6.67. The van der Waals surface area contributed by atoms with Crippen molar-refractivity contribution in [3.05, 3.63) is 32.8 Å². The van der Waals surface area contributed by atoms with Gasteiger partial charge in [-0.1, -0.05) is 10.2 Å². The lowest BCUT2D eigenvalue weighted by Gasteiger charge is -2.37. The minimum atomic E-state index is -1.26. The smallest absolute Gasteiger partial charge is 0.197 e. The number of aromatic nitrogens is 2. The van der Waals surface area contributed by atoms with Gasteiger partial charge in [0.25, 0.3) is 0 Å². The highest BCUT2D eigenvalue weighted by Crippen LogP contribution is 2.55. The Morgan fingerprint density at radius 1 is 1.27 bits per heavy atom. The normalized spacial score (nSPS) is 35.5. The van der Waals surface area contributed by atoms with Crippen LogP contribution in [0.2, 0.25) is 0 Å². The van der Waals surface area contributed by atoms with Gasteiger partial charge in [-0.15, -0.1) is 11.6 Å². The SMILES string of the molecule is [N-]=[N+]=NC[C@@H]1[C@@H](CN=[N+]=[N-])[C@H](c2cnc(N)[nH]2)[C@]2(NC(N)=N[C@H]2O)[C@H]1Cl. The number of anilines is 1. The molecule has 0 radical (unpaired) electrons. The zero-order valence-electron chi connectivity index (χ0n) is 13.4. The molecule has 1 saturated carbocycles. The molecule has 138 valence electrons. The second-order valence-electron chi connectivity index (χ2n) is 6.20. The maximum atomic E-state index is 10.7. The maximum Gasteiger partial charge on any atom is 0.197 e. The van der Waals surface area contributed by atoms with Crippen LogP contribution in [-0.4, -0.2) is 51.3 Å². The number of rotatable bonds is 5. The van der Waals surface area contributed by atoms with E-state index in [1.54, 1.807) is 0 Å². The molecule has 1 aromatic rings. The van der Waals surface area contributed by atoms with Crippen molar-refractivity contribution in [3.8, 4) is 0 Å². The number of nitrogens with one attached hydrogen (secondary N) is 2. The van der Waals surface area contributed by atoms with Crippen LogP contribution in [0, 0.1) is 11.8 Å². The number of alkyl halides is 1. The Morgan fingerprint density at radius 2 is 1.92 bits per heavy atom. The summed E-state index contributed by atoms with van der Waals surface area (Å²) in [5.41, 5.74) is 28.3. The molecule has 2 aliphatic rings. The predicted molar refractivity (Wildman–Crippen MR) is 93.9 cm³/mol. The molecule has 0 aromatic carbocycles. The Morgan fingerprint density at radius 3 is 2.42 bits per heavy atom. The first kappa shape index (κ1) is 18.0. The number of nitrogens with two attached hydrogens (primary N) is 2. The molecule has 0 bridgehead atoms. The number of guanidine groups is 1. The molecule has 1 aromatic heterocycles. The summed E-state index contributed by atoms with van der Waals surface area (Å²) in [5, 5.41) is 20.2. The average molecular weight is 381 g/mol. The van der Waals surface area contributed by atoms with E-state index in [1.165, 1.54) is 6.20 Å². The first-order valence-electron chi connectivity index (χ1n) is 7.71. The lowest BCUT2D eigenvalue weighted by atomic mass is 9.79. The number of aliphatic hydroxyl groups excluding tert-OH is 1. The molecule has 14 heteroatoms. The second kappa shape index (κ2) is 6.81. The molecule has 0 saturated heterocycles. The molecule has 0 unspecified atom stereocenters. The van der Waals surface area contributed by atoms with Gasteiger partial charge < -0.3 is 26.9 Å². The molecular formula is C12H17ClN12O. The van der Waals surface area contributed by atoms with Crippen LogP contribution in [0.4, 0.5) is 5.95 Å². The van der Waals surface area contributed by atoms with E-state index in [0.29, 0.717) is 5.69 Å². The highest BCUT2D eigenvalue weighted by atomic mass is 35.5. The summed E-state index contributed by atoms with van der Waals surface area (Å²) in [6.07, 6.45) is 0.261. The number of hydrogen-bond donors (Lipinski definition) is 5. The third kappa shape index (κ3) is 2.63. The van der Waals surface area contributed by atoms with Crippen LogP contribution < -0.4 is 16.8 Å². The Labute approximate surface area is 152 Å². The predicted octanol–water partition coefficient (Wildman–Crippen LogP) is 0.525. The number of imidazole rings is 1. The molecule has 1 aliphatic heterocycles. The first-order chi connectivity index (χ1) is 12.5. The van der Waals surface area contributed by atoms with Crippen molar-refractivity contribution in [2.45, 2.75) is 23.1 Å². The first-order valence-corrected chi connectivity index (χ1v) is 8.15. The molecule has 6 atom stereocenters. The van der Waals surface area contributed by atoms with Gasteiger partial charge in [0.1, 0.15) is 5.54 Å². The van der Waals surface area contributed by atoms with Crippen LogP contribution in [0.15, 0.2) is 21.4 Å². The van der Waals surface area contributed by atoms with E-state index in [4.69, 9.17) is 34.1 Å². The van der Waals surface area contributed by atoms with Gasteiger partial charge in [-0.25, -0.2) is 9.98 Å². The van der Waals surface area contributed by atoms with Crippen LogP contribution in [-0.2, 0) is 0 Å². The van der Waals surface area contributed by atoms with Crippen molar-refractivity contribution >= 4 is 23.5 Å². The zero-order valence-corrected chi connectivity index (χ0v) is 14.2. The highest BCUT2D eigenvalue weighted by Gasteiger charge is 2.65. The quantitative estimate of drug-likeness (QED) is 0.212. The molecule has 3 rings (SSSR count). The molecular weight excluding hydrogens is 364 g/mol. The Kier molecular flexibility index (Phi) is 4.70. The van der Waals surface area contributed by atoms with Gasteiger partial charge in [-0.3, -0.25) is 0 Å². The number of azide groups is 2. The monoisotopic (exact) mass is 380 g/mol. The number of nitrogen functional groups attached to an aromatic ring is 1. The van der Waals surface area contributed by atoms with Gasteiger partial charge in [-0.2, -0.15) is 0 Å². The maximum absolute atomic E-state index is 10.7. The van der Waals surface area contributed by atoms with Crippen molar-refractivity contribution in [3.63, 3.8) is 0 Å². The average Bonchev–Trinajstić information content (AvgIpc) is 3.21. The summed E-state index contributed by atoms with van der Waals surface area (Å²) in [6, 6.07) is 0. The van der Waals surface area contributed by atoms with E-state index in [1.807, 2.05) is 0 Å². The largest absolute Gasteiger partial charge is 0.370 e. The topological polar surface area (TPSA) is 223 Å². The van der Waals surface area contributed by atoms with Crippen LogP contribution in [0.1, 0.15) is 11.6 Å². The van der Waals surface area contributed by atoms with E-state index in [-0.39, 0.29) is 30.9 Å². The number of hydrogen-bond acceptors (Lipinski definition) is 8. The summed E-state index contributed by atoms with van der Waals surface area (Å²) < 4.78 is 0. The van der Waals surface area contributed by atoms with Crippen LogP contribution >= 0.6 is 11.6 Å². The Balaban J connectivity index is 2.14. The van der Waals surface area contributed by atoms with Crippen molar-refractivity contribution in [1.82, 2.24) is 15.3 Å². The minimum Gasteiger partial charge on any atom is -0.370 e. The molecule has 1 fully saturated rings. The Hall–Kier alpha value is -2.85. The lowest BCUT2D eigenvalue weighted by molar-refractivity contribution is 0.0821. The fourth-order valence-corrected chi connectivity index (χ4v) is 4.65. The third-order valence-corrected chi connectivity index (χ3v) is 5.70. The standard InChI is InChI=1S/C12H17ClN12O/c13-8-5(2-20-25-17)4(1-19-24-16)7(6-3-18-10(14)21-6)12(8)9(26)22-11(15)23-12/h3-5,7-9,26H,1-2H2,(H3,14,18,21)(H3,15,22,23)/t4-,5-,7-,8+,9+,12+/m1/s1. The number of aromatic amines is 1. The van der Waals surface area contributed by atoms with Gasteiger partial charge in [0, 0.05) is 34.5 Å². The highest BCUT2D eigenvalue weighted by molar-refractivity contribution is 6.22. The number of H-pyrrole nitrogens is 1. The summed E-state index contributed by atoms with van der Waals surface area (Å²) in [6.45, 7) is 0.109. The van der Waals surface area contributed by atoms with Gasteiger partial charge in [-0.05, 0) is 22.9 Å². The van der Waals surface area contributed by atoms with Crippen LogP contribution in [0.25, 0.3) is 20.9 Å². The molecule has 13 nitrogen and oxygen atoms in total. The van der Waals surface area contributed by atoms with Gasteiger partial charge in [0.15, 0.2) is 18.1 Å². The van der Waals surface area contributed by atoms with Gasteiger partial charge >= 0.3 is 0 Å². The number of aliphatic hydroxyl groups is 1. The van der Waals surface area contributed by atoms with Crippen LogP contribution in [0.5, 0.6) is 0 Å². The van der Waals surface area contributed by atoms with E-state index in [0.717, 1.165) is 0 Å². The summed E-state index contributed by atoms with van der Waals surface area (Å²) >= 11 is 6.73. The molecule has 1 spiro atoms. The molecule has 7 N–H and O–H groups in total. The lowest BCUT2D eigenvalue weighted by Crippen LogP contribution is -2.59. The third-order valence-electron chi connectivity index (χ3n) is 5.02. The van der Waals surface area contributed by atoms with E-state index >= 15 is 0 Å². The van der Waals surface area contributed by atoms with E-state index < -0.39 is 29.0 Å². The van der Waals surface area contributed by atoms with Crippen molar-refractivity contribution in [1.29, 1.82) is 0 Å². The van der Waals surface area contributed by atoms with Crippen molar-refractivity contribution in [2.75, 3.05) is 18.8 Å². The summed E-state index contributed by atoms with van der Waals surface area (Å²) in [4.78, 5) is 16.5. The van der Waals surface area contributed by atoms with Gasteiger partial charge in [0.2, 0.25) is 0 Å². The van der Waals surface area contributed by atoms with Crippen molar-refractivity contribution in [2.24, 2.45) is 32.8 Å². The van der Waals surface area contributed by atoms with Crippen LogP contribution in [0.3, 0.4) is 0 Å². The molecule has 2 heterocycles. The molecule has 1 aliphatic carbocycles. The number of aliphatic imine (C=N–C) groups is 1.